The summed E-state index contributed by atoms with van der Waals surface area (Å²) >= 11 is 0. The number of hydrogen-bond acceptors (Lipinski definition) is 5. The first-order chi connectivity index (χ1) is 13.2. The van der Waals surface area contributed by atoms with Crippen molar-refractivity contribution in [3.8, 4) is 17.9 Å². The molecule has 4 rings (SSSR count). The maximum atomic E-state index is 12.9. The Morgan fingerprint density at radius 1 is 1.11 bits per heavy atom. The summed E-state index contributed by atoms with van der Waals surface area (Å²) < 4.78 is 1.74. The van der Waals surface area contributed by atoms with Gasteiger partial charge in [-0.2, -0.15) is 5.26 Å². The van der Waals surface area contributed by atoms with Gasteiger partial charge in [0.2, 0.25) is 0 Å². The zero-order valence-corrected chi connectivity index (χ0v) is 14.7. The second-order valence-corrected chi connectivity index (χ2v) is 6.37. The summed E-state index contributed by atoms with van der Waals surface area (Å²) in [5, 5.41) is 9.50. The molecule has 132 valence electrons. The standard InChI is InChI=1S/C21H17N5O/c22-9-12-25-11-8-20-24-19-15-16(4-6-17-3-1-2-10-23-17)5-7-18(19)21(27)26(20)14-13-25/h1-3,5,7,10,15H,8,11-14H2. The SMILES string of the molecule is N#CCN1CCc2nc3cc(C#Cc4ccccn4)ccc3c(=O)n2CC1. The lowest BCUT2D eigenvalue weighted by Gasteiger charge is -2.14. The van der Waals surface area contributed by atoms with Crippen LogP contribution in [0.1, 0.15) is 17.1 Å². The van der Waals surface area contributed by atoms with E-state index < -0.39 is 0 Å². The Labute approximate surface area is 156 Å². The van der Waals surface area contributed by atoms with Gasteiger partial charge < -0.3 is 0 Å². The molecule has 0 aliphatic carbocycles. The zero-order chi connectivity index (χ0) is 18.6. The minimum absolute atomic E-state index is 0.0296. The van der Waals surface area contributed by atoms with Crippen molar-refractivity contribution in [1.82, 2.24) is 19.4 Å². The first-order valence-corrected chi connectivity index (χ1v) is 8.80. The molecule has 2 aromatic heterocycles. The van der Waals surface area contributed by atoms with Gasteiger partial charge in [0, 0.05) is 37.8 Å². The van der Waals surface area contributed by atoms with E-state index in [9.17, 15) is 4.79 Å². The molecular formula is C21H17N5O. The monoisotopic (exact) mass is 355 g/mol. The normalized spacial score (nSPS) is 13.9. The highest BCUT2D eigenvalue weighted by Crippen LogP contribution is 2.13. The molecule has 1 aliphatic heterocycles. The summed E-state index contributed by atoms with van der Waals surface area (Å²) in [5.41, 5.74) is 2.13. The number of fused-ring (bicyclic) bond motifs is 2. The van der Waals surface area contributed by atoms with Gasteiger partial charge in [0.15, 0.2) is 0 Å². The highest BCUT2D eigenvalue weighted by molar-refractivity contribution is 5.79. The molecule has 0 amide bonds. The van der Waals surface area contributed by atoms with Crippen LogP contribution in [0.15, 0.2) is 47.4 Å². The quantitative estimate of drug-likeness (QED) is 0.489. The Balaban J connectivity index is 1.71. The van der Waals surface area contributed by atoms with Gasteiger partial charge in [0.25, 0.3) is 5.56 Å². The molecule has 27 heavy (non-hydrogen) atoms. The Morgan fingerprint density at radius 2 is 2.04 bits per heavy atom. The van der Waals surface area contributed by atoms with Crippen LogP contribution in [0.25, 0.3) is 10.9 Å². The molecule has 0 bridgehead atoms. The summed E-state index contributed by atoms with van der Waals surface area (Å²) in [7, 11) is 0. The maximum absolute atomic E-state index is 12.9. The van der Waals surface area contributed by atoms with E-state index in [1.54, 1.807) is 16.8 Å². The minimum atomic E-state index is -0.0296. The van der Waals surface area contributed by atoms with Crippen LogP contribution in [0, 0.1) is 23.2 Å². The lowest BCUT2D eigenvalue weighted by atomic mass is 10.1. The van der Waals surface area contributed by atoms with Crippen LogP contribution >= 0.6 is 0 Å². The molecule has 3 heterocycles. The van der Waals surface area contributed by atoms with Crippen LogP contribution in [0.5, 0.6) is 0 Å². The van der Waals surface area contributed by atoms with E-state index >= 15 is 0 Å². The van der Waals surface area contributed by atoms with Gasteiger partial charge in [-0.1, -0.05) is 12.0 Å². The third-order valence-electron chi connectivity index (χ3n) is 4.62. The molecule has 0 atom stereocenters. The topological polar surface area (TPSA) is 74.8 Å². The summed E-state index contributed by atoms with van der Waals surface area (Å²) in [4.78, 5) is 23.8. The van der Waals surface area contributed by atoms with Crippen molar-refractivity contribution in [2.45, 2.75) is 13.0 Å². The first kappa shape index (κ1) is 17.0. The van der Waals surface area contributed by atoms with Gasteiger partial charge in [-0.3, -0.25) is 14.3 Å². The molecule has 3 aromatic rings. The largest absolute Gasteiger partial charge is 0.295 e. The summed E-state index contributed by atoms with van der Waals surface area (Å²) in [6.45, 7) is 2.33. The fraction of sp³-hybridized carbons (Fsp3) is 0.238. The van der Waals surface area contributed by atoms with E-state index in [4.69, 9.17) is 10.2 Å². The summed E-state index contributed by atoms with van der Waals surface area (Å²) in [5.74, 6) is 6.87. The molecular weight excluding hydrogens is 338 g/mol. The van der Waals surface area contributed by atoms with Gasteiger partial charge in [-0.05, 0) is 36.3 Å². The molecule has 0 saturated carbocycles. The number of nitrogens with zero attached hydrogens (tertiary/aromatic N) is 5. The Kier molecular flexibility index (Phi) is 4.65. The van der Waals surface area contributed by atoms with Gasteiger partial charge >= 0.3 is 0 Å². The molecule has 0 fully saturated rings. The van der Waals surface area contributed by atoms with Crippen LogP contribution in [0.2, 0.25) is 0 Å². The van der Waals surface area contributed by atoms with E-state index in [1.807, 2.05) is 35.2 Å². The highest BCUT2D eigenvalue weighted by atomic mass is 16.1. The van der Waals surface area contributed by atoms with Crippen molar-refractivity contribution < 1.29 is 0 Å². The average molecular weight is 355 g/mol. The number of pyridine rings is 1. The Hall–Kier alpha value is -3.48. The molecule has 0 saturated heterocycles. The zero-order valence-electron chi connectivity index (χ0n) is 14.7. The number of benzene rings is 1. The fourth-order valence-electron chi connectivity index (χ4n) is 3.21. The number of nitriles is 1. The van der Waals surface area contributed by atoms with E-state index in [0.717, 1.165) is 17.9 Å². The van der Waals surface area contributed by atoms with E-state index in [0.29, 0.717) is 42.7 Å². The Morgan fingerprint density at radius 3 is 2.85 bits per heavy atom. The smallest absolute Gasteiger partial charge is 0.261 e. The van der Waals surface area contributed by atoms with Gasteiger partial charge in [-0.25, -0.2) is 9.97 Å². The number of aromatic nitrogens is 3. The van der Waals surface area contributed by atoms with Crippen LogP contribution in [-0.4, -0.2) is 39.1 Å². The van der Waals surface area contributed by atoms with Crippen molar-refractivity contribution >= 4 is 10.9 Å². The van der Waals surface area contributed by atoms with Crippen molar-refractivity contribution in [3.63, 3.8) is 0 Å². The van der Waals surface area contributed by atoms with Gasteiger partial charge in [-0.15, -0.1) is 0 Å². The van der Waals surface area contributed by atoms with Crippen LogP contribution in [-0.2, 0) is 13.0 Å². The highest BCUT2D eigenvalue weighted by Gasteiger charge is 2.17. The Bertz CT molecular complexity index is 1150. The van der Waals surface area contributed by atoms with Crippen LogP contribution in [0.4, 0.5) is 0 Å². The van der Waals surface area contributed by atoms with E-state index in [2.05, 4.69) is 22.9 Å². The second kappa shape index (κ2) is 7.41. The maximum Gasteiger partial charge on any atom is 0.261 e. The van der Waals surface area contributed by atoms with Gasteiger partial charge in [0.1, 0.15) is 11.5 Å². The molecule has 0 N–H and O–H groups in total. The molecule has 1 aliphatic rings. The molecule has 1 aromatic carbocycles. The van der Waals surface area contributed by atoms with E-state index in [-0.39, 0.29) is 5.56 Å². The lowest BCUT2D eigenvalue weighted by molar-refractivity contribution is 0.312. The predicted octanol–water partition coefficient (Wildman–Crippen LogP) is 1.57. The first-order valence-electron chi connectivity index (χ1n) is 8.80. The molecule has 0 spiro atoms. The van der Waals surface area contributed by atoms with Crippen molar-refractivity contribution in [1.29, 1.82) is 5.26 Å². The second-order valence-electron chi connectivity index (χ2n) is 6.37. The van der Waals surface area contributed by atoms with E-state index in [1.165, 1.54) is 0 Å². The van der Waals surface area contributed by atoms with Crippen molar-refractivity contribution in [3.05, 3.63) is 70.0 Å². The number of hydrogen-bond donors (Lipinski definition) is 0. The molecule has 0 radical (unpaired) electrons. The third-order valence-corrected chi connectivity index (χ3v) is 4.62. The third kappa shape index (κ3) is 3.57. The van der Waals surface area contributed by atoms with Crippen LogP contribution < -0.4 is 5.56 Å². The molecule has 0 unspecified atom stereocenters. The average Bonchev–Trinajstić information content (AvgIpc) is 2.90. The fourth-order valence-corrected chi connectivity index (χ4v) is 3.21. The van der Waals surface area contributed by atoms with Crippen molar-refractivity contribution in [2.75, 3.05) is 19.6 Å². The molecule has 6 heteroatoms. The number of rotatable bonds is 1. The predicted molar refractivity (Wildman–Crippen MR) is 102 cm³/mol. The van der Waals surface area contributed by atoms with Gasteiger partial charge in [0.05, 0.1) is 23.5 Å². The van der Waals surface area contributed by atoms with Crippen LogP contribution in [0.3, 0.4) is 0 Å². The summed E-state index contributed by atoms with van der Waals surface area (Å²) in [6, 6.07) is 13.3. The minimum Gasteiger partial charge on any atom is -0.295 e. The molecule has 6 nitrogen and oxygen atoms in total. The lowest BCUT2D eigenvalue weighted by Crippen LogP contribution is -2.29. The summed E-state index contributed by atoms with van der Waals surface area (Å²) in [6.07, 6.45) is 2.36. The van der Waals surface area contributed by atoms with Crippen molar-refractivity contribution in [2.24, 2.45) is 0 Å².